The molecule has 3 nitrogen and oxygen atoms in total. The highest BCUT2D eigenvalue weighted by Gasteiger charge is 2.12. The van der Waals surface area contributed by atoms with E-state index in [-0.39, 0.29) is 0 Å². The number of hydrogen-bond acceptors (Lipinski definition) is 4. The lowest BCUT2D eigenvalue weighted by Crippen LogP contribution is -2.02. The van der Waals surface area contributed by atoms with Crippen molar-refractivity contribution in [2.75, 3.05) is 13.7 Å². The number of thiazole rings is 1. The Labute approximate surface area is 105 Å². The molecule has 1 aromatic carbocycles. The van der Waals surface area contributed by atoms with E-state index in [1.807, 2.05) is 24.3 Å². The molecule has 0 atom stereocenters. The van der Waals surface area contributed by atoms with Crippen LogP contribution in [0.4, 0.5) is 0 Å². The number of benzene rings is 1. The minimum atomic E-state index is 0.637. The molecule has 0 spiro atoms. The third-order valence-corrected chi connectivity index (χ3v) is 3.59. The van der Waals surface area contributed by atoms with Gasteiger partial charge in [-0.2, -0.15) is 0 Å². The first kappa shape index (κ1) is 12.1. The Balaban J connectivity index is 2.45. The van der Waals surface area contributed by atoms with Gasteiger partial charge in [-0.25, -0.2) is 4.98 Å². The van der Waals surface area contributed by atoms with E-state index in [0.717, 1.165) is 28.4 Å². The summed E-state index contributed by atoms with van der Waals surface area (Å²) in [6.07, 6.45) is 0.834. The first-order valence-corrected chi connectivity index (χ1v) is 6.37. The average molecular weight is 248 g/mol. The maximum absolute atomic E-state index is 5.56. The normalized spacial score (nSPS) is 10.5. The van der Waals surface area contributed by atoms with Crippen LogP contribution in [0, 0.1) is 6.92 Å². The predicted octanol–water partition coefficient (Wildman–Crippen LogP) is 2.63. The number of rotatable bonds is 4. The summed E-state index contributed by atoms with van der Waals surface area (Å²) in [5, 5.41) is 1.09. The van der Waals surface area contributed by atoms with Gasteiger partial charge in [-0.15, -0.1) is 11.3 Å². The Bertz CT molecular complexity index is 508. The van der Waals surface area contributed by atoms with Crippen molar-refractivity contribution in [3.63, 3.8) is 0 Å². The number of methoxy groups -OCH3 is 1. The van der Waals surface area contributed by atoms with Gasteiger partial charge in [0.25, 0.3) is 0 Å². The van der Waals surface area contributed by atoms with E-state index >= 15 is 0 Å². The van der Waals surface area contributed by atoms with Gasteiger partial charge in [0.15, 0.2) is 0 Å². The van der Waals surface area contributed by atoms with Crippen LogP contribution in [-0.4, -0.2) is 18.6 Å². The van der Waals surface area contributed by atoms with Crippen molar-refractivity contribution in [2.45, 2.75) is 13.3 Å². The Morgan fingerprint density at radius 3 is 2.82 bits per heavy atom. The molecule has 1 aromatic heterocycles. The lowest BCUT2D eigenvalue weighted by Gasteiger charge is -2.06. The van der Waals surface area contributed by atoms with Gasteiger partial charge in [0.2, 0.25) is 0 Å². The van der Waals surface area contributed by atoms with Gasteiger partial charge in [-0.05, 0) is 25.6 Å². The summed E-state index contributed by atoms with van der Waals surface area (Å²) >= 11 is 1.71. The fourth-order valence-corrected chi connectivity index (χ4v) is 2.73. The second-order valence-corrected chi connectivity index (χ2v) is 5.04. The molecule has 0 aliphatic carbocycles. The molecule has 17 heavy (non-hydrogen) atoms. The highest BCUT2D eigenvalue weighted by Crippen LogP contribution is 2.33. The summed E-state index contributed by atoms with van der Waals surface area (Å²) in [6, 6.07) is 7.95. The quantitative estimate of drug-likeness (QED) is 0.904. The van der Waals surface area contributed by atoms with Crippen LogP contribution >= 0.6 is 11.3 Å². The number of aromatic nitrogens is 1. The number of nitrogens with zero attached hydrogens (tertiary/aromatic N) is 1. The van der Waals surface area contributed by atoms with E-state index in [9.17, 15) is 0 Å². The smallest absolute Gasteiger partial charge is 0.128 e. The number of ether oxygens (including phenoxy) is 1. The van der Waals surface area contributed by atoms with Gasteiger partial charge in [0.05, 0.1) is 17.8 Å². The average Bonchev–Trinajstić information content (AvgIpc) is 2.70. The molecule has 4 heteroatoms. The molecule has 0 aliphatic heterocycles. The fourth-order valence-electron chi connectivity index (χ4n) is 1.77. The molecule has 0 fully saturated rings. The Hall–Kier alpha value is -1.39. The van der Waals surface area contributed by atoms with Crippen LogP contribution in [0.15, 0.2) is 24.3 Å². The van der Waals surface area contributed by atoms with Gasteiger partial charge in [0.1, 0.15) is 5.75 Å². The second kappa shape index (κ2) is 5.29. The maximum Gasteiger partial charge on any atom is 0.128 e. The summed E-state index contributed by atoms with van der Waals surface area (Å²) in [7, 11) is 1.68. The summed E-state index contributed by atoms with van der Waals surface area (Å²) in [4.78, 5) is 5.84. The third-order valence-electron chi connectivity index (χ3n) is 2.56. The van der Waals surface area contributed by atoms with Crippen LogP contribution in [0.3, 0.4) is 0 Å². The van der Waals surface area contributed by atoms with Crippen molar-refractivity contribution in [1.82, 2.24) is 4.98 Å². The number of nitrogens with two attached hydrogens (primary N) is 1. The van der Waals surface area contributed by atoms with Gasteiger partial charge >= 0.3 is 0 Å². The van der Waals surface area contributed by atoms with Crippen LogP contribution in [-0.2, 0) is 6.42 Å². The molecule has 0 saturated carbocycles. The monoisotopic (exact) mass is 248 g/mol. The molecule has 2 aromatic rings. The molecule has 90 valence electrons. The molecule has 0 amide bonds. The first-order chi connectivity index (χ1) is 8.26. The van der Waals surface area contributed by atoms with Crippen LogP contribution in [0.5, 0.6) is 5.75 Å². The maximum atomic E-state index is 5.56. The van der Waals surface area contributed by atoms with Gasteiger partial charge in [-0.1, -0.05) is 12.1 Å². The lowest BCUT2D eigenvalue weighted by molar-refractivity contribution is 0.416. The summed E-state index contributed by atoms with van der Waals surface area (Å²) in [5.41, 5.74) is 7.61. The zero-order valence-corrected chi connectivity index (χ0v) is 10.9. The minimum Gasteiger partial charge on any atom is -0.496 e. The van der Waals surface area contributed by atoms with E-state index in [0.29, 0.717) is 6.54 Å². The Morgan fingerprint density at radius 1 is 1.35 bits per heavy atom. The van der Waals surface area contributed by atoms with E-state index in [1.54, 1.807) is 18.4 Å². The van der Waals surface area contributed by atoms with E-state index in [2.05, 4.69) is 11.9 Å². The molecule has 2 N–H and O–H groups in total. The number of aryl methyl sites for hydroxylation is 1. The topological polar surface area (TPSA) is 48.1 Å². The summed E-state index contributed by atoms with van der Waals surface area (Å²) in [6.45, 7) is 2.72. The van der Waals surface area contributed by atoms with Gasteiger partial charge < -0.3 is 10.5 Å². The molecule has 0 saturated heterocycles. The number of hydrogen-bond donors (Lipinski definition) is 1. The molecular weight excluding hydrogens is 232 g/mol. The van der Waals surface area contributed by atoms with Crippen LogP contribution in [0.2, 0.25) is 0 Å². The standard InChI is InChI=1S/C13H16N2OS/c1-9-13(15-12(17-9)7-8-14)10-5-3-4-6-11(10)16-2/h3-6H,7-8,14H2,1-2H3. The molecule has 1 heterocycles. The summed E-state index contributed by atoms with van der Waals surface area (Å²) < 4.78 is 5.36. The highest BCUT2D eigenvalue weighted by atomic mass is 32.1. The molecule has 0 unspecified atom stereocenters. The van der Waals surface area contributed by atoms with Crippen LogP contribution in [0.25, 0.3) is 11.3 Å². The molecule has 0 aliphatic rings. The van der Waals surface area contributed by atoms with E-state index in [4.69, 9.17) is 10.5 Å². The zero-order chi connectivity index (χ0) is 12.3. The number of para-hydroxylation sites is 1. The first-order valence-electron chi connectivity index (χ1n) is 5.56. The highest BCUT2D eigenvalue weighted by molar-refractivity contribution is 7.12. The van der Waals surface area contributed by atoms with Crippen molar-refractivity contribution >= 4 is 11.3 Å². The van der Waals surface area contributed by atoms with Crippen LogP contribution < -0.4 is 10.5 Å². The Kier molecular flexibility index (Phi) is 3.76. The minimum absolute atomic E-state index is 0.637. The van der Waals surface area contributed by atoms with Crippen molar-refractivity contribution in [2.24, 2.45) is 5.73 Å². The molecule has 0 bridgehead atoms. The van der Waals surface area contributed by atoms with E-state index < -0.39 is 0 Å². The molecule has 2 rings (SSSR count). The largest absolute Gasteiger partial charge is 0.496 e. The molecular formula is C13H16N2OS. The predicted molar refractivity (Wildman–Crippen MR) is 71.6 cm³/mol. The Morgan fingerprint density at radius 2 is 2.12 bits per heavy atom. The van der Waals surface area contributed by atoms with E-state index in [1.165, 1.54) is 4.88 Å². The van der Waals surface area contributed by atoms with Gasteiger partial charge in [-0.3, -0.25) is 0 Å². The SMILES string of the molecule is COc1ccccc1-c1nc(CCN)sc1C. The third kappa shape index (κ3) is 2.48. The summed E-state index contributed by atoms with van der Waals surface area (Å²) in [5.74, 6) is 0.861. The second-order valence-electron chi connectivity index (χ2n) is 3.75. The van der Waals surface area contributed by atoms with Gasteiger partial charge in [0, 0.05) is 16.9 Å². The zero-order valence-electron chi connectivity index (χ0n) is 10.1. The van der Waals surface area contributed by atoms with Crippen LogP contribution in [0.1, 0.15) is 9.88 Å². The van der Waals surface area contributed by atoms with Crippen molar-refractivity contribution in [3.05, 3.63) is 34.2 Å². The fraction of sp³-hybridized carbons (Fsp3) is 0.308. The van der Waals surface area contributed by atoms with Crippen molar-refractivity contribution < 1.29 is 4.74 Å². The van der Waals surface area contributed by atoms with Crippen molar-refractivity contribution in [3.8, 4) is 17.0 Å². The van der Waals surface area contributed by atoms with Crippen molar-refractivity contribution in [1.29, 1.82) is 0 Å². The molecule has 0 radical (unpaired) electrons. The lowest BCUT2D eigenvalue weighted by atomic mass is 10.1.